The van der Waals surface area contributed by atoms with Crippen LogP contribution in [0.3, 0.4) is 0 Å². The largest absolute Gasteiger partial charge is 0.363 e. The van der Waals surface area contributed by atoms with Crippen LogP contribution in [0.1, 0.15) is 119 Å². The molecule has 5 N–H and O–H groups in total. The van der Waals surface area contributed by atoms with E-state index in [0.29, 0.717) is 32.2 Å². The maximum atomic E-state index is 14.5. The number of hydrogen-bond donors (Lipinski definition) is 4. The SMILES string of the molecule is CC(C)(C)[C@H](NC(=O)NC1CCCCC1=O)C(=O)N1CC(C(C)(C)C2(C)CCC2)C[C@H]1C(=O)NC(CC1CCC1)C(=O)C(N)=O. The highest BCUT2D eigenvalue weighted by Crippen LogP contribution is 2.59. The number of rotatable bonds is 11. The summed E-state index contributed by atoms with van der Waals surface area (Å²) in [5.74, 6) is -2.57. The number of likely N-dealkylation sites (tertiary alicyclic amines) is 1. The Labute approximate surface area is 267 Å². The van der Waals surface area contributed by atoms with Crippen molar-refractivity contribution in [3.8, 4) is 0 Å². The average Bonchev–Trinajstić information content (AvgIpc) is 3.38. The van der Waals surface area contributed by atoms with Gasteiger partial charge in [0.05, 0.1) is 12.1 Å². The van der Waals surface area contributed by atoms with Crippen LogP contribution in [0.25, 0.3) is 0 Å². The molecule has 11 heteroatoms. The molecule has 252 valence electrons. The highest BCUT2D eigenvalue weighted by molar-refractivity contribution is 6.37. The first-order valence-electron chi connectivity index (χ1n) is 17.0. The molecule has 0 spiro atoms. The second-order valence-corrected chi connectivity index (χ2v) is 16.1. The van der Waals surface area contributed by atoms with Gasteiger partial charge in [0.1, 0.15) is 12.1 Å². The Kier molecular flexibility index (Phi) is 10.4. The van der Waals surface area contributed by atoms with Gasteiger partial charge in [-0.25, -0.2) is 4.79 Å². The third kappa shape index (κ3) is 7.54. The van der Waals surface area contributed by atoms with Crippen LogP contribution < -0.4 is 21.7 Å². The second-order valence-electron chi connectivity index (χ2n) is 16.1. The molecule has 1 aliphatic heterocycles. The van der Waals surface area contributed by atoms with E-state index < -0.39 is 53.2 Å². The van der Waals surface area contributed by atoms with Crippen LogP contribution in [0.15, 0.2) is 0 Å². The molecule has 45 heavy (non-hydrogen) atoms. The molecule has 1 saturated heterocycles. The van der Waals surface area contributed by atoms with Crippen LogP contribution in [0.4, 0.5) is 4.79 Å². The van der Waals surface area contributed by atoms with E-state index in [4.69, 9.17) is 5.73 Å². The van der Waals surface area contributed by atoms with E-state index in [1.807, 2.05) is 20.8 Å². The molecule has 0 aromatic carbocycles. The first kappa shape index (κ1) is 34.9. The minimum absolute atomic E-state index is 0.00581. The number of nitrogens with one attached hydrogen (secondary N) is 3. The molecule has 1 heterocycles. The van der Waals surface area contributed by atoms with Crippen LogP contribution in [-0.2, 0) is 24.0 Å². The van der Waals surface area contributed by atoms with Crippen molar-refractivity contribution in [2.24, 2.45) is 33.8 Å². The Morgan fingerprint density at radius 2 is 1.62 bits per heavy atom. The highest BCUT2D eigenvalue weighted by Gasteiger charge is 2.55. The van der Waals surface area contributed by atoms with Gasteiger partial charge in [-0.2, -0.15) is 0 Å². The second kappa shape index (κ2) is 13.4. The van der Waals surface area contributed by atoms with Crippen LogP contribution >= 0.6 is 0 Å². The number of primary amides is 1. The predicted octanol–water partition coefficient (Wildman–Crippen LogP) is 3.37. The number of nitrogens with two attached hydrogens (primary N) is 1. The summed E-state index contributed by atoms with van der Waals surface area (Å²) in [5, 5.41) is 8.43. The Morgan fingerprint density at radius 1 is 0.956 bits per heavy atom. The van der Waals surface area contributed by atoms with Gasteiger partial charge >= 0.3 is 6.03 Å². The predicted molar refractivity (Wildman–Crippen MR) is 170 cm³/mol. The summed E-state index contributed by atoms with van der Waals surface area (Å²) in [6, 6.07) is -4.07. The summed E-state index contributed by atoms with van der Waals surface area (Å²) in [7, 11) is 0. The number of Topliss-reactive ketones (excluding diaryl/α,β-unsaturated/α-hetero) is 2. The van der Waals surface area contributed by atoms with Gasteiger partial charge in [-0.05, 0) is 66.6 Å². The van der Waals surface area contributed by atoms with Crippen molar-refractivity contribution in [2.45, 2.75) is 143 Å². The van der Waals surface area contributed by atoms with Gasteiger partial charge in [0, 0.05) is 13.0 Å². The third-order valence-corrected chi connectivity index (χ3v) is 11.8. The number of nitrogens with zero attached hydrogens (tertiary/aromatic N) is 1. The Bertz CT molecular complexity index is 1180. The third-order valence-electron chi connectivity index (χ3n) is 11.8. The Balaban J connectivity index is 1.59. The number of carbonyl (C=O) groups is 6. The van der Waals surface area contributed by atoms with Crippen molar-refractivity contribution in [1.29, 1.82) is 0 Å². The molecule has 4 aliphatic rings. The van der Waals surface area contributed by atoms with E-state index in [-0.39, 0.29) is 34.4 Å². The Morgan fingerprint density at radius 3 is 2.13 bits per heavy atom. The highest BCUT2D eigenvalue weighted by atomic mass is 16.2. The molecular weight excluding hydrogens is 574 g/mol. The maximum Gasteiger partial charge on any atom is 0.316 e. The van der Waals surface area contributed by atoms with Gasteiger partial charge in [0.15, 0.2) is 5.78 Å². The first-order chi connectivity index (χ1) is 20.9. The van der Waals surface area contributed by atoms with E-state index in [1.54, 1.807) is 4.90 Å². The lowest BCUT2D eigenvalue weighted by Gasteiger charge is -2.54. The number of carbonyl (C=O) groups excluding carboxylic acids is 6. The zero-order chi connectivity index (χ0) is 33.3. The molecule has 3 unspecified atom stereocenters. The lowest BCUT2D eigenvalue weighted by Crippen LogP contribution is -2.61. The summed E-state index contributed by atoms with van der Waals surface area (Å²) in [5.41, 5.74) is 4.54. The van der Waals surface area contributed by atoms with Crippen LogP contribution in [0.5, 0.6) is 0 Å². The van der Waals surface area contributed by atoms with Crippen molar-refractivity contribution >= 4 is 35.3 Å². The van der Waals surface area contributed by atoms with Gasteiger partial charge in [0.2, 0.25) is 17.6 Å². The number of urea groups is 1. The lowest BCUT2D eigenvalue weighted by atomic mass is 9.51. The molecule has 0 aromatic rings. The van der Waals surface area contributed by atoms with Crippen molar-refractivity contribution < 1.29 is 28.8 Å². The topological polar surface area (TPSA) is 168 Å². The fourth-order valence-corrected chi connectivity index (χ4v) is 7.71. The standard InChI is InChI=1S/C34H55N5O6/c1-32(2,3)27(38-31(45)37-22-13-7-8-14-25(22)40)30(44)39-19-21(33(4,5)34(6)15-10-16-34)18-24(39)29(43)36-23(26(41)28(35)42)17-20-11-9-12-20/h20-24,27H,7-19H2,1-6H3,(H2,35,42)(H,36,43)(H2,37,38,45)/t21?,22?,23?,24-,27+/m0/s1. The van der Waals surface area contributed by atoms with Crippen molar-refractivity contribution in [2.75, 3.05) is 6.54 Å². The molecule has 0 bridgehead atoms. The van der Waals surface area contributed by atoms with E-state index in [0.717, 1.165) is 51.4 Å². The molecule has 5 atom stereocenters. The molecule has 0 aromatic heterocycles. The Hall–Kier alpha value is -2.98. The summed E-state index contributed by atoms with van der Waals surface area (Å²) in [6.45, 7) is 12.6. The van der Waals surface area contributed by atoms with E-state index in [9.17, 15) is 28.8 Å². The van der Waals surface area contributed by atoms with Gasteiger partial charge in [0.25, 0.3) is 5.91 Å². The molecule has 5 amide bonds. The number of amides is 5. The summed E-state index contributed by atoms with van der Waals surface area (Å²) in [6.07, 6.45) is 9.57. The minimum atomic E-state index is -1.09. The van der Waals surface area contributed by atoms with Crippen molar-refractivity contribution in [3.63, 3.8) is 0 Å². The monoisotopic (exact) mass is 629 g/mol. The zero-order valence-corrected chi connectivity index (χ0v) is 28.1. The molecular formula is C34H55N5O6. The number of ketones is 2. The number of hydrogen-bond acceptors (Lipinski definition) is 6. The maximum absolute atomic E-state index is 14.5. The smallest absolute Gasteiger partial charge is 0.316 e. The van der Waals surface area contributed by atoms with Crippen LogP contribution in [-0.4, -0.2) is 70.9 Å². The van der Waals surface area contributed by atoms with Crippen molar-refractivity contribution in [1.82, 2.24) is 20.9 Å². The van der Waals surface area contributed by atoms with Gasteiger partial charge < -0.3 is 26.6 Å². The van der Waals surface area contributed by atoms with E-state index in [1.165, 1.54) is 0 Å². The normalized spacial score (nSPS) is 26.6. The molecule has 3 aliphatic carbocycles. The molecule has 0 radical (unpaired) electrons. The fraction of sp³-hybridized carbons (Fsp3) is 0.824. The molecule has 4 rings (SSSR count). The quantitative estimate of drug-likeness (QED) is 0.256. The summed E-state index contributed by atoms with van der Waals surface area (Å²) < 4.78 is 0. The van der Waals surface area contributed by atoms with E-state index >= 15 is 0 Å². The lowest BCUT2D eigenvalue weighted by molar-refractivity contribution is -0.143. The summed E-state index contributed by atoms with van der Waals surface area (Å²) >= 11 is 0. The molecule has 4 fully saturated rings. The van der Waals surface area contributed by atoms with Gasteiger partial charge in [-0.3, -0.25) is 24.0 Å². The summed E-state index contributed by atoms with van der Waals surface area (Å²) in [4.78, 5) is 80.3. The van der Waals surface area contributed by atoms with Crippen LogP contribution in [0, 0.1) is 28.1 Å². The van der Waals surface area contributed by atoms with E-state index in [2.05, 4.69) is 36.7 Å². The average molecular weight is 630 g/mol. The minimum Gasteiger partial charge on any atom is -0.363 e. The van der Waals surface area contributed by atoms with Crippen LogP contribution in [0.2, 0.25) is 0 Å². The van der Waals surface area contributed by atoms with Crippen molar-refractivity contribution in [3.05, 3.63) is 0 Å². The first-order valence-corrected chi connectivity index (χ1v) is 17.0. The van der Waals surface area contributed by atoms with Gasteiger partial charge in [-0.15, -0.1) is 0 Å². The fourth-order valence-electron chi connectivity index (χ4n) is 7.71. The molecule has 11 nitrogen and oxygen atoms in total. The zero-order valence-electron chi connectivity index (χ0n) is 28.1. The van der Waals surface area contributed by atoms with Gasteiger partial charge in [-0.1, -0.05) is 73.6 Å². The molecule has 3 saturated carbocycles.